The number of carbonyl (C=O) groups excluding carboxylic acids is 1. The first-order valence-electron chi connectivity index (χ1n) is 8.75. The first-order chi connectivity index (χ1) is 13.5. The van der Waals surface area contributed by atoms with E-state index in [1.807, 2.05) is 30.3 Å². The van der Waals surface area contributed by atoms with Gasteiger partial charge in [-0.1, -0.05) is 29.8 Å². The van der Waals surface area contributed by atoms with Crippen molar-refractivity contribution in [1.82, 2.24) is 10.3 Å². The summed E-state index contributed by atoms with van der Waals surface area (Å²) in [5, 5.41) is 3.39. The maximum absolute atomic E-state index is 12.5. The number of amides is 1. The van der Waals surface area contributed by atoms with Crippen LogP contribution in [0.2, 0.25) is 5.02 Å². The van der Waals surface area contributed by atoms with E-state index in [1.54, 1.807) is 33.3 Å². The molecule has 28 heavy (non-hydrogen) atoms. The van der Waals surface area contributed by atoms with E-state index in [0.29, 0.717) is 46.7 Å². The maximum atomic E-state index is 12.5. The number of nitrogens with zero attached hydrogens (tertiary/aromatic N) is 1. The van der Waals surface area contributed by atoms with E-state index in [9.17, 15) is 4.79 Å². The Hall–Kier alpha value is -2.99. The Morgan fingerprint density at radius 2 is 1.89 bits per heavy atom. The molecule has 0 aliphatic heterocycles. The summed E-state index contributed by atoms with van der Waals surface area (Å²) >= 11 is 6.18. The van der Waals surface area contributed by atoms with E-state index in [2.05, 4.69) is 10.3 Å². The summed E-state index contributed by atoms with van der Waals surface area (Å²) < 4.78 is 16.2. The molecule has 1 amide bonds. The van der Waals surface area contributed by atoms with E-state index in [4.69, 9.17) is 25.5 Å². The summed E-state index contributed by atoms with van der Waals surface area (Å²) in [4.78, 5) is 16.8. The van der Waals surface area contributed by atoms with E-state index in [0.717, 1.165) is 5.56 Å². The fraction of sp³-hybridized carbons (Fsp3) is 0.238. The fourth-order valence-corrected chi connectivity index (χ4v) is 3.01. The Bertz CT molecular complexity index is 984. The molecule has 0 saturated carbocycles. The summed E-state index contributed by atoms with van der Waals surface area (Å²) in [5.74, 6) is 1.80. The SMILES string of the molecule is COc1ccc(CCNC(=O)c2nc(-c3ccccc3Cl)oc2C)cc1OC. The van der Waals surface area contributed by atoms with Crippen molar-refractivity contribution >= 4 is 17.5 Å². The minimum Gasteiger partial charge on any atom is -0.493 e. The third kappa shape index (κ3) is 4.28. The molecule has 0 atom stereocenters. The monoisotopic (exact) mass is 400 g/mol. The lowest BCUT2D eigenvalue weighted by Crippen LogP contribution is -2.26. The fourth-order valence-electron chi connectivity index (χ4n) is 2.80. The summed E-state index contributed by atoms with van der Waals surface area (Å²) in [7, 11) is 3.18. The molecule has 1 heterocycles. The Labute approximate surface area is 168 Å². The average molecular weight is 401 g/mol. The van der Waals surface area contributed by atoms with Crippen molar-refractivity contribution in [3.63, 3.8) is 0 Å². The Morgan fingerprint density at radius 1 is 1.14 bits per heavy atom. The number of benzene rings is 2. The zero-order valence-electron chi connectivity index (χ0n) is 15.9. The van der Waals surface area contributed by atoms with Gasteiger partial charge in [0.1, 0.15) is 5.76 Å². The minimum atomic E-state index is -0.292. The number of nitrogens with one attached hydrogen (secondary N) is 1. The molecule has 0 aliphatic rings. The Morgan fingerprint density at radius 3 is 2.61 bits per heavy atom. The molecule has 0 fully saturated rings. The van der Waals surface area contributed by atoms with Crippen LogP contribution in [0.3, 0.4) is 0 Å². The van der Waals surface area contributed by atoms with Gasteiger partial charge in [0.15, 0.2) is 17.2 Å². The number of halogens is 1. The first-order valence-corrected chi connectivity index (χ1v) is 9.12. The van der Waals surface area contributed by atoms with Crippen LogP contribution in [0.1, 0.15) is 21.8 Å². The van der Waals surface area contributed by atoms with Crippen LogP contribution in [-0.4, -0.2) is 31.7 Å². The molecular weight excluding hydrogens is 380 g/mol. The second-order valence-electron chi connectivity index (χ2n) is 6.10. The summed E-state index contributed by atoms with van der Waals surface area (Å²) in [6.45, 7) is 2.15. The Kier molecular flexibility index (Phi) is 6.21. The van der Waals surface area contributed by atoms with Crippen molar-refractivity contribution in [2.45, 2.75) is 13.3 Å². The molecule has 2 aromatic carbocycles. The second kappa shape index (κ2) is 8.80. The summed E-state index contributed by atoms with van der Waals surface area (Å²) in [5.41, 5.74) is 1.92. The molecule has 6 nitrogen and oxygen atoms in total. The lowest BCUT2D eigenvalue weighted by Gasteiger charge is -2.10. The maximum Gasteiger partial charge on any atom is 0.273 e. The highest BCUT2D eigenvalue weighted by atomic mass is 35.5. The van der Waals surface area contributed by atoms with E-state index < -0.39 is 0 Å². The average Bonchev–Trinajstić information content (AvgIpc) is 3.09. The second-order valence-corrected chi connectivity index (χ2v) is 6.51. The van der Waals surface area contributed by atoms with Crippen LogP contribution in [0.5, 0.6) is 11.5 Å². The minimum absolute atomic E-state index is 0.252. The number of ether oxygens (including phenoxy) is 2. The molecule has 146 valence electrons. The van der Waals surface area contributed by atoms with Gasteiger partial charge in [-0.3, -0.25) is 4.79 Å². The number of rotatable bonds is 7. The van der Waals surface area contributed by atoms with Gasteiger partial charge in [-0.15, -0.1) is 0 Å². The summed E-state index contributed by atoms with van der Waals surface area (Å²) in [6.07, 6.45) is 0.639. The Balaban J connectivity index is 1.65. The van der Waals surface area contributed by atoms with Gasteiger partial charge in [-0.25, -0.2) is 4.98 Å². The highest BCUT2D eigenvalue weighted by Gasteiger charge is 2.19. The van der Waals surface area contributed by atoms with Gasteiger partial charge in [-0.05, 0) is 43.2 Å². The molecule has 0 unspecified atom stereocenters. The van der Waals surface area contributed by atoms with Crippen LogP contribution >= 0.6 is 11.6 Å². The van der Waals surface area contributed by atoms with E-state index in [1.165, 1.54) is 0 Å². The normalized spacial score (nSPS) is 10.6. The molecule has 0 radical (unpaired) electrons. The molecule has 0 saturated heterocycles. The number of hydrogen-bond donors (Lipinski definition) is 1. The van der Waals surface area contributed by atoms with Crippen molar-refractivity contribution in [1.29, 1.82) is 0 Å². The third-order valence-electron chi connectivity index (χ3n) is 4.26. The molecule has 0 aliphatic carbocycles. The number of aromatic nitrogens is 1. The first kappa shape index (κ1) is 19.8. The van der Waals surface area contributed by atoms with Gasteiger partial charge in [0.25, 0.3) is 5.91 Å². The van der Waals surface area contributed by atoms with Gasteiger partial charge in [0.2, 0.25) is 5.89 Å². The molecule has 3 aromatic rings. The van der Waals surface area contributed by atoms with Crippen LogP contribution in [0, 0.1) is 6.92 Å². The largest absolute Gasteiger partial charge is 0.493 e. The predicted molar refractivity (Wildman–Crippen MR) is 107 cm³/mol. The number of oxazole rings is 1. The number of aryl methyl sites for hydroxylation is 1. The highest BCUT2D eigenvalue weighted by molar-refractivity contribution is 6.33. The lowest BCUT2D eigenvalue weighted by atomic mass is 10.1. The van der Waals surface area contributed by atoms with Crippen LogP contribution < -0.4 is 14.8 Å². The zero-order valence-corrected chi connectivity index (χ0v) is 16.7. The lowest BCUT2D eigenvalue weighted by molar-refractivity contribution is 0.0948. The molecule has 1 aromatic heterocycles. The highest BCUT2D eigenvalue weighted by Crippen LogP contribution is 2.29. The zero-order chi connectivity index (χ0) is 20.1. The van der Waals surface area contributed by atoms with Gasteiger partial charge >= 0.3 is 0 Å². The van der Waals surface area contributed by atoms with Gasteiger partial charge in [-0.2, -0.15) is 0 Å². The molecule has 7 heteroatoms. The van der Waals surface area contributed by atoms with Crippen LogP contribution in [0.25, 0.3) is 11.5 Å². The van der Waals surface area contributed by atoms with Gasteiger partial charge in [0.05, 0.1) is 24.8 Å². The molecule has 1 N–H and O–H groups in total. The molecule has 0 spiro atoms. The molecule has 0 bridgehead atoms. The van der Waals surface area contributed by atoms with Crippen molar-refractivity contribution in [2.75, 3.05) is 20.8 Å². The number of methoxy groups -OCH3 is 2. The number of carbonyl (C=O) groups is 1. The van der Waals surface area contributed by atoms with Crippen molar-refractivity contribution in [3.8, 4) is 23.0 Å². The van der Waals surface area contributed by atoms with E-state index in [-0.39, 0.29) is 11.6 Å². The molecular formula is C21H21ClN2O4. The van der Waals surface area contributed by atoms with Crippen LogP contribution in [-0.2, 0) is 6.42 Å². The molecule has 3 rings (SSSR count). The van der Waals surface area contributed by atoms with Crippen LogP contribution in [0.4, 0.5) is 0 Å². The van der Waals surface area contributed by atoms with E-state index >= 15 is 0 Å². The van der Waals surface area contributed by atoms with Gasteiger partial charge in [0, 0.05) is 6.54 Å². The third-order valence-corrected chi connectivity index (χ3v) is 4.59. The van der Waals surface area contributed by atoms with Crippen molar-refractivity contribution in [3.05, 3.63) is 64.5 Å². The predicted octanol–water partition coefficient (Wildman–Crippen LogP) is 4.29. The number of hydrogen-bond acceptors (Lipinski definition) is 5. The van der Waals surface area contributed by atoms with Crippen molar-refractivity contribution in [2.24, 2.45) is 0 Å². The quantitative estimate of drug-likeness (QED) is 0.640. The van der Waals surface area contributed by atoms with Crippen LogP contribution in [0.15, 0.2) is 46.9 Å². The van der Waals surface area contributed by atoms with Gasteiger partial charge < -0.3 is 19.2 Å². The topological polar surface area (TPSA) is 73.6 Å². The smallest absolute Gasteiger partial charge is 0.273 e. The van der Waals surface area contributed by atoms with Crippen molar-refractivity contribution < 1.29 is 18.7 Å². The standard InChI is InChI=1S/C21H21ClN2O4/c1-13-19(24-21(28-13)15-6-4-5-7-16(15)22)20(25)23-11-10-14-8-9-17(26-2)18(12-14)27-3/h4-9,12H,10-11H2,1-3H3,(H,23,25). The summed E-state index contributed by atoms with van der Waals surface area (Å²) in [6, 6.07) is 12.9.